The van der Waals surface area contributed by atoms with E-state index in [0.29, 0.717) is 32.0 Å². The van der Waals surface area contributed by atoms with Gasteiger partial charge in [-0.2, -0.15) is 0 Å². The number of fused-ring (bicyclic) bond motifs is 1. The molecule has 2 aromatic heterocycles. The molecule has 0 unspecified atom stereocenters. The Kier molecular flexibility index (Phi) is 5.57. The number of anilines is 1. The molecule has 3 heterocycles. The Balaban J connectivity index is 1.35. The van der Waals surface area contributed by atoms with E-state index < -0.39 is 10.0 Å². The highest BCUT2D eigenvalue weighted by Crippen LogP contribution is 2.32. The molecule has 0 aromatic carbocycles. The summed E-state index contributed by atoms with van der Waals surface area (Å²) < 4.78 is 27.0. The van der Waals surface area contributed by atoms with Gasteiger partial charge in [0.2, 0.25) is 10.0 Å². The molecule has 2 aromatic rings. The van der Waals surface area contributed by atoms with Gasteiger partial charge in [0.05, 0.1) is 17.2 Å². The van der Waals surface area contributed by atoms with Gasteiger partial charge in [0, 0.05) is 32.4 Å². The number of nitrogens with zero attached hydrogens (tertiary/aromatic N) is 4. The number of hydrogen-bond donors (Lipinski definition) is 2. The minimum absolute atomic E-state index is 0.208. The van der Waals surface area contributed by atoms with Crippen LogP contribution in [-0.4, -0.2) is 70.8 Å². The lowest BCUT2D eigenvalue weighted by Crippen LogP contribution is -2.43. The first-order valence-electron chi connectivity index (χ1n) is 10.1. The summed E-state index contributed by atoms with van der Waals surface area (Å²) in [6.07, 6.45) is 7.93. The highest BCUT2D eigenvalue weighted by Gasteiger charge is 2.32. The number of aromatic amines is 1. The van der Waals surface area contributed by atoms with Crippen molar-refractivity contribution in [3.63, 3.8) is 0 Å². The molecule has 0 bridgehead atoms. The predicted molar refractivity (Wildman–Crippen MR) is 109 cm³/mol. The number of sulfonamides is 1. The molecular formula is C19H29N5O3S. The van der Waals surface area contributed by atoms with E-state index in [0.717, 1.165) is 42.5 Å². The van der Waals surface area contributed by atoms with Crippen molar-refractivity contribution in [3.8, 4) is 0 Å². The van der Waals surface area contributed by atoms with Gasteiger partial charge in [0.1, 0.15) is 17.8 Å². The van der Waals surface area contributed by atoms with E-state index in [1.807, 2.05) is 12.3 Å². The summed E-state index contributed by atoms with van der Waals surface area (Å²) in [5.41, 5.74) is 0.836. The van der Waals surface area contributed by atoms with Gasteiger partial charge in [-0.1, -0.05) is 0 Å². The van der Waals surface area contributed by atoms with Crippen molar-refractivity contribution in [2.24, 2.45) is 5.92 Å². The SMILES string of the molecule is CN(c1ncnc2[nH]ccc12)[C@H]1CC[C@H](CS(=O)(=O)N2CCC(O)CC2)CC1. The highest BCUT2D eigenvalue weighted by molar-refractivity contribution is 7.89. The van der Waals surface area contributed by atoms with Crippen molar-refractivity contribution >= 4 is 26.9 Å². The van der Waals surface area contributed by atoms with Crippen molar-refractivity contribution in [1.82, 2.24) is 19.3 Å². The minimum Gasteiger partial charge on any atom is -0.393 e. The van der Waals surface area contributed by atoms with Crippen molar-refractivity contribution < 1.29 is 13.5 Å². The molecule has 0 atom stereocenters. The summed E-state index contributed by atoms with van der Waals surface area (Å²) in [5.74, 6) is 1.36. The number of aliphatic hydroxyl groups excluding tert-OH is 1. The Hall–Kier alpha value is -1.71. The quantitative estimate of drug-likeness (QED) is 0.783. The lowest BCUT2D eigenvalue weighted by molar-refractivity contribution is 0.113. The average molecular weight is 408 g/mol. The van der Waals surface area contributed by atoms with E-state index >= 15 is 0 Å². The Bertz CT molecular complexity index is 899. The molecule has 2 fully saturated rings. The standard InChI is InChI=1S/C19H29N5O3S/c1-23(19-17-6-9-20-18(17)21-13-22-19)15-4-2-14(3-5-15)12-28(26,27)24-10-7-16(25)8-11-24/h6,9,13-16,25H,2-5,7-8,10-12H2,1H3,(H,20,21,22)/t14-,15-. The van der Waals surface area contributed by atoms with Crippen LogP contribution in [0.4, 0.5) is 5.82 Å². The van der Waals surface area contributed by atoms with Crippen molar-refractivity contribution in [3.05, 3.63) is 18.6 Å². The molecule has 0 radical (unpaired) electrons. The van der Waals surface area contributed by atoms with Gasteiger partial charge in [-0.25, -0.2) is 22.7 Å². The monoisotopic (exact) mass is 407 g/mol. The number of hydrogen-bond acceptors (Lipinski definition) is 6. The molecule has 1 aliphatic heterocycles. The third-order valence-electron chi connectivity index (χ3n) is 6.29. The molecule has 8 nitrogen and oxygen atoms in total. The number of rotatable bonds is 5. The molecule has 0 spiro atoms. The fourth-order valence-corrected chi connectivity index (χ4v) is 6.44. The molecule has 1 saturated carbocycles. The van der Waals surface area contributed by atoms with E-state index in [2.05, 4.69) is 26.9 Å². The Morgan fingerprint density at radius 2 is 1.89 bits per heavy atom. The molecule has 1 aliphatic carbocycles. The second-order valence-electron chi connectivity index (χ2n) is 8.13. The molecule has 4 rings (SSSR count). The summed E-state index contributed by atoms with van der Waals surface area (Å²) in [4.78, 5) is 14.1. The van der Waals surface area contributed by atoms with Crippen LogP contribution in [0.3, 0.4) is 0 Å². The van der Waals surface area contributed by atoms with Gasteiger partial charge in [-0.3, -0.25) is 0 Å². The summed E-state index contributed by atoms with van der Waals surface area (Å²) in [6.45, 7) is 0.893. The van der Waals surface area contributed by atoms with E-state index in [1.54, 1.807) is 10.6 Å². The minimum atomic E-state index is -3.23. The van der Waals surface area contributed by atoms with Crippen molar-refractivity contribution in [2.75, 3.05) is 30.8 Å². The maximum absolute atomic E-state index is 12.7. The maximum Gasteiger partial charge on any atom is 0.214 e. The smallest absolute Gasteiger partial charge is 0.214 e. The van der Waals surface area contributed by atoms with Crippen LogP contribution in [-0.2, 0) is 10.0 Å². The third-order valence-corrected chi connectivity index (χ3v) is 8.34. The van der Waals surface area contributed by atoms with Crippen LogP contribution in [0.5, 0.6) is 0 Å². The molecule has 9 heteroatoms. The lowest BCUT2D eigenvalue weighted by Gasteiger charge is -2.36. The average Bonchev–Trinajstić information content (AvgIpc) is 3.17. The van der Waals surface area contributed by atoms with Gasteiger partial charge >= 0.3 is 0 Å². The van der Waals surface area contributed by atoms with Crippen LogP contribution in [0.25, 0.3) is 11.0 Å². The van der Waals surface area contributed by atoms with Gasteiger partial charge in [-0.05, 0) is 50.5 Å². The molecule has 2 aliphatic rings. The Labute approximate surface area is 166 Å². The Morgan fingerprint density at radius 3 is 2.61 bits per heavy atom. The highest BCUT2D eigenvalue weighted by atomic mass is 32.2. The zero-order valence-electron chi connectivity index (χ0n) is 16.3. The summed E-state index contributed by atoms with van der Waals surface area (Å²) in [6, 6.07) is 2.35. The zero-order valence-corrected chi connectivity index (χ0v) is 17.1. The fourth-order valence-electron chi connectivity index (χ4n) is 4.54. The molecule has 1 saturated heterocycles. The third kappa shape index (κ3) is 4.01. The van der Waals surface area contributed by atoms with Gasteiger partial charge in [0.15, 0.2) is 0 Å². The second kappa shape index (κ2) is 7.96. The van der Waals surface area contributed by atoms with Gasteiger partial charge in [0.25, 0.3) is 0 Å². The first kappa shape index (κ1) is 19.6. The topological polar surface area (TPSA) is 102 Å². The molecule has 28 heavy (non-hydrogen) atoms. The van der Waals surface area contributed by atoms with Crippen LogP contribution < -0.4 is 4.90 Å². The summed E-state index contributed by atoms with van der Waals surface area (Å²) in [5, 5.41) is 10.6. The van der Waals surface area contributed by atoms with Gasteiger partial charge in [-0.15, -0.1) is 0 Å². The van der Waals surface area contributed by atoms with Crippen LogP contribution in [0, 0.1) is 5.92 Å². The molecule has 154 valence electrons. The summed E-state index contributed by atoms with van der Waals surface area (Å²) >= 11 is 0. The second-order valence-corrected chi connectivity index (χ2v) is 10.1. The van der Waals surface area contributed by atoms with Crippen LogP contribution >= 0.6 is 0 Å². The molecule has 0 amide bonds. The van der Waals surface area contributed by atoms with Crippen LogP contribution in [0.15, 0.2) is 18.6 Å². The largest absolute Gasteiger partial charge is 0.393 e. The van der Waals surface area contributed by atoms with E-state index in [4.69, 9.17) is 0 Å². The molecule has 2 N–H and O–H groups in total. The maximum atomic E-state index is 12.7. The van der Waals surface area contributed by atoms with Gasteiger partial charge < -0.3 is 15.0 Å². The summed E-state index contributed by atoms with van der Waals surface area (Å²) in [7, 11) is -1.17. The van der Waals surface area contributed by atoms with Crippen molar-refractivity contribution in [1.29, 1.82) is 0 Å². The lowest BCUT2D eigenvalue weighted by atomic mass is 9.86. The number of aromatic nitrogens is 3. The Morgan fingerprint density at radius 1 is 1.18 bits per heavy atom. The number of H-pyrrole nitrogens is 1. The van der Waals surface area contributed by atoms with Crippen LogP contribution in [0.1, 0.15) is 38.5 Å². The van der Waals surface area contributed by atoms with Crippen molar-refractivity contribution in [2.45, 2.75) is 50.7 Å². The van der Waals surface area contributed by atoms with E-state index in [9.17, 15) is 13.5 Å². The normalized spacial score (nSPS) is 25.2. The zero-order chi connectivity index (χ0) is 19.7. The van der Waals surface area contributed by atoms with E-state index in [-0.39, 0.29) is 17.8 Å². The van der Waals surface area contributed by atoms with E-state index in [1.165, 1.54) is 0 Å². The van der Waals surface area contributed by atoms with Crippen LogP contribution in [0.2, 0.25) is 0 Å². The predicted octanol–water partition coefficient (Wildman–Crippen LogP) is 1.74. The first-order chi connectivity index (χ1) is 13.4. The molecular weight excluding hydrogens is 378 g/mol. The fraction of sp³-hybridized carbons (Fsp3) is 0.684. The number of aliphatic hydroxyl groups is 1. The number of nitrogens with one attached hydrogen (secondary N) is 1. The number of piperidine rings is 1. The first-order valence-corrected chi connectivity index (χ1v) is 11.7.